The Morgan fingerprint density at radius 3 is 2.33 bits per heavy atom. The summed E-state index contributed by atoms with van der Waals surface area (Å²) in [7, 11) is 0. The molecular weight excluding hydrogens is 368 g/mol. The topological polar surface area (TPSA) is 58.2 Å². The van der Waals surface area contributed by atoms with E-state index in [-0.39, 0.29) is 11.8 Å². The first-order valence-corrected chi connectivity index (χ1v) is 8.66. The fraction of sp³-hybridized carbons (Fsp3) is 0.263. The average Bonchev–Trinajstić information content (AvgIpc) is 3.34. The average molecular weight is 387 g/mol. The second-order valence-electron chi connectivity index (χ2n) is 6.25. The van der Waals surface area contributed by atoms with Crippen molar-refractivity contribution < 1.29 is 9.59 Å². The summed E-state index contributed by atoms with van der Waals surface area (Å²) < 4.78 is 0.880. The molecule has 124 valence electrons. The molecule has 24 heavy (non-hydrogen) atoms. The van der Waals surface area contributed by atoms with Crippen molar-refractivity contribution in [1.82, 2.24) is 0 Å². The van der Waals surface area contributed by atoms with Crippen molar-refractivity contribution in [1.29, 1.82) is 0 Å². The molecule has 4 nitrogen and oxygen atoms in total. The Morgan fingerprint density at radius 2 is 1.67 bits per heavy atom. The van der Waals surface area contributed by atoms with Gasteiger partial charge in [0.05, 0.1) is 0 Å². The predicted octanol–water partition coefficient (Wildman–Crippen LogP) is 4.42. The van der Waals surface area contributed by atoms with Crippen molar-refractivity contribution >= 4 is 39.1 Å². The van der Waals surface area contributed by atoms with Crippen LogP contribution in [0.2, 0.25) is 0 Å². The number of rotatable bonds is 4. The molecule has 0 heterocycles. The second-order valence-corrected chi connectivity index (χ2v) is 7.16. The zero-order chi connectivity index (χ0) is 17.3. The van der Waals surface area contributed by atoms with Gasteiger partial charge in [0, 0.05) is 15.8 Å². The lowest BCUT2D eigenvalue weighted by Gasteiger charge is -2.17. The van der Waals surface area contributed by atoms with E-state index in [1.165, 1.54) is 0 Å². The standard InChI is InChI=1S/C19H19BrN2O2/c1-12-5-3-8-16(13(12)2)22-18(24)19(9-10-19)17(23)21-15-7-4-6-14(20)11-15/h3-8,11H,9-10H2,1-2H3,(H,21,23)(H,22,24). The number of hydrogen-bond acceptors (Lipinski definition) is 2. The van der Waals surface area contributed by atoms with Gasteiger partial charge in [0.25, 0.3) is 0 Å². The predicted molar refractivity (Wildman–Crippen MR) is 99.0 cm³/mol. The minimum atomic E-state index is -0.960. The normalized spacial score (nSPS) is 14.8. The van der Waals surface area contributed by atoms with Gasteiger partial charge in [0.1, 0.15) is 5.41 Å². The number of halogens is 1. The molecule has 0 spiro atoms. The lowest BCUT2D eigenvalue weighted by atomic mass is 10.0. The molecule has 0 saturated heterocycles. The van der Waals surface area contributed by atoms with Crippen LogP contribution < -0.4 is 10.6 Å². The molecule has 0 radical (unpaired) electrons. The first kappa shape index (κ1) is 16.7. The zero-order valence-electron chi connectivity index (χ0n) is 13.7. The van der Waals surface area contributed by atoms with Gasteiger partial charge in [-0.3, -0.25) is 9.59 Å². The Balaban J connectivity index is 1.74. The van der Waals surface area contributed by atoms with Gasteiger partial charge in [-0.2, -0.15) is 0 Å². The van der Waals surface area contributed by atoms with Crippen molar-refractivity contribution in [3.63, 3.8) is 0 Å². The number of hydrogen-bond donors (Lipinski definition) is 2. The molecule has 2 N–H and O–H groups in total. The molecule has 2 aromatic rings. The fourth-order valence-corrected chi connectivity index (χ4v) is 3.03. The summed E-state index contributed by atoms with van der Waals surface area (Å²) in [5.74, 6) is -0.480. The Hall–Kier alpha value is -2.14. The van der Waals surface area contributed by atoms with E-state index in [1.54, 1.807) is 6.07 Å². The SMILES string of the molecule is Cc1cccc(NC(=O)C2(C(=O)Nc3cccc(Br)c3)CC2)c1C. The maximum atomic E-state index is 12.7. The van der Waals surface area contributed by atoms with Crippen LogP contribution >= 0.6 is 15.9 Å². The molecule has 2 aromatic carbocycles. The Bertz CT molecular complexity index is 813. The molecule has 1 saturated carbocycles. The van der Waals surface area contributed by atoms with Gasteiger partial charge < -0.3 is 10.6 Å². The summed E-state index contributed by atoms with van der Waals surface area (Å²) in [5.41, 5.74) is 2.62. The van der Waals surface area contributed by atoms with Crippen LogP contribution in [0.25, 0.3) is 0 Å². The van der Waals surface area contributed by atoms with Crippen LogP contribution in [0.1, 0.15) is 24.0 Å². The number of aryl methyl sites for hydroxylation is 1. The largest absolute Gasteiger partial charge is 0.325 e. The van der Waals surface area contributed by atoms with Crippen molar-refractivity contribution in [3.8, 4) is 0 Å². The lowest BCUT2D eigenvalue weighted by molar-refractivity contribution is -0.131. The van der Waals surface area contributed by atoms with Crippen LogP contribution in [0.5, 0.6) is 0 Å². The molecule has 1 aliphatic carbocycles. The van der Waals surface area contributed by atoms with E-state index in [2.05, 4.69) is 26.6 Å². The van der Waals surface area contributed by atoms with E-state index in [1.807, 2.05) is 50.2 Å². The third-order valence-corrected chi connectivity index (χ3v) is 5.05. The quantitative estimate of drug-likeness (QED) is 0.763. The maximum Gasteiger partial charge on any atom is 0.240 e. The van der Waals surface area contributed by atoms with Crippen LogP contribution in [0.4, 0.5) is 11.4 Å². The summed E-state index contributed by atoms with van der Waals surface area (Å²) in [5, 5.41) is 5.77. The van der Waals surface area contributed by atoms with Crippen molar-refractivity contribution in [2.45, 2.75) is 26.7 Å². The van der Waals surface area contributed by atoms with Crippen molar-refractivity contribution in [2.75, 3.05) is 10.6 Å². The molecule has 1 fully saturated rings. The zero-order valence-corrected chi connectivity index (χ0v) is 15.2. The molecule has 2 amide bonds. The first-order chi connectivity index (χ1) is 11.4. The molecule has 5 heteroatoms. The smallest absolute Gasteiger partial charge is 0.240 e. The Labute approximate surface area is 149 Å². The molecule has 0 atom stereocenters. The molecule has 1 aliphatic rings. The number of anilines is 2. The van der Waals surface area contributed by atoms with Crippen LogP contribution in [-0.4, -0.2) is 11.8 Å². The number of benzene rings is 2. The van der Waals surface area contributed by atoms with E-state index >= 15 is 0 Å². The number of carbonyl (C=O) groups excluding carboxylic acids is 2. The fourth-order valence-electron chi connectivity index (χ4n) is 2.63. The molecule has 0 bridgehead atoms. The van der Waals surface area contributed by atoms with Crippen LogP contribution in [0.3, 0.4) is 0 Å². The van der Waals surface area contributed by atoms with Gasteiger partial charge in [-0.15, -0.1) is 0 Å². The summed E-state index contributed by atoms with van der Waals surface area (Å²) >= 11 is 3.38. The van der Waals surface area contributed by atoms with E-state index in [0.29, 0.717) is 18.5 Å². The van der Waals surface area contributed by atoms with E-state index in [0.717, 1.165) is 21.3 Å². The highest BCUT2D eigenvalue weighted by molar-refractivity contribution is 9.10. The summed E-state index contributed by atoms with van der Waals surface area (Å²) in [4.78, 5) is 25.3. The molecular formula is C19H19BrN2O2. The highest BCUT2D eigenvalue weighted by atomic mass is 79.9. The Kier molecular flexibility index (Phi) is 4.45. The first-order valence-electron chi connectivity index (χ1n) is 7.87. The van der Waals surface area contributed by atoms with Crippen LogP contribution in [0.15, 0.2) is 46.9 Å². The van der Waals surface area contributed by atoms with E-state index in [9.17, 15) is 9.59 Å². The van der Waals surface area contributed by atoms with Gasteiger partial charge in [0.15, 0.2) is 0 Å². The number of nitrogens with one attached hydrogen (secondary N) is 2. The summed E-state index contributed by atoms with van der Waals surface area (Å²) in [6, 6.07) is 13.1. The molecule has 0 unspecified atom stereocenters. The van der Waals surface area contributed by atoms with Crippen LogP contribution in [0, 0.1) is 19.3 Å². The second kappa shape index (κ2) is 6.40. The number of amides is 2. The van der Waals surface area contributed by atoms with E-state index < -0.39 is 5.41 Å². The highest BCUT2D eigenvalue weighted by Gasteiger charge is 2.56. The monoisotopic (exact) mass is 386 g/mol. The summed E-state index contributed by atoms with van der Waals surface area (Å²) in [6.45, 7) is 3.96. The lowest BCUT2D eigenvalue weighted by Crippen LogP contribution is -2.35. The number of carbonyl (C=O) groups is 2. The third-order valence-electron chi connectivity index (χ3n) is 4.55. The van der Waals surface area contributed by atoms with Crippen LogP contribution in [-0.2, 0) is 9.59 Å². The Morgan fingerprint density at radius 1 is 1.00 bits per heavy atom. The maximum absolute atomic E-state index is 12.7. The van der Waals surface area contributed by atoms with Crippen molar-refractivity contribution in [2.24, 2.45) is 5.41 Å². The highest BCUT2D eigenvalue weighted by Crippen LogP contribution is 2.47. The van der Waals surface area contributed by atoms with Gasteiger partial charge >= 0.3 is 0 Å². The van der Waals surface area contributed by atoms with Gasteiger partial charge in [-0.1, -0.05) is 34.1 Å². The van der Waals surface area contributed by atoms with E-state index in [4.69, 9.17) is 0 Å². The molecule has 3 rings (SSSR count). The summed E-state index contributed by atoms with van der Waals surface area (Å²) in [6.07, 6.45) is 1.15. The van der Waals surface area contributed by atoms with Gasteiger partial charge in [-0.25, -0.2) is 0 Å². The molecule has 0 aromatic heterocycles. The minimum Gasteiger partial charge on any atom is -0.325 e. The van der Waals surface area contributed by atoms with Gasteiger partial charge in [0.2, 0.25) is 11.8 Å². The van der Waals surface area contributed by atoms with Gasteiger partial charge in [-0.05, 0) is 62.1 Å². The van der Waals surface area contributed by atoms with Crippen molar-refractivity contribution in [3.05, 3.63) is 58.1 Å². The minimum absolute atomic E-state index is 0.233. The molecule has 0 aliphatic heterocycles. The third kappa shape index (κ3) is 3.22.